The molecule has 1 amide bonds. The van der Waals surface area contributed by atoms with E-state index in [0.29, 0.717) is 31.0 Å². The van der Waals surface area contributed by atoms with Crippen molar-refractivity contribution in [3.8, 4) is 0 Å². The fourth-order valence-electron chi connectivity index (χ4n) is 3.10. The summed E-state index contributed by atoms with van der Waals surface area (Å²) in [7, 11) is 0.892. The number of likely N-dealkylation sites (N-methyl/N-ethyl adjacent to an activating group) is 1. The SMILES string of the molecule is CN1CCN(C(=O)c2cc(N(C)C3CCS(=O)(=O)C3)ncn2)CC1. The van der Waals surface area contributed by atoms with E-state index in [1.807, 2.05) is 19.0 Å². The third kappa shape index (κ3) is 3.67. The van der Waals surface area contributed by atoms with E-state index in [1.165, 1.54) is 6.33 Å². The Hall–Kier alpha value is -1.74. The van der Waals surface area contributed by atoms with Crippen molar-refractivity contribution in [2.24, 2.45) is 0 Å². The Balaban J connectivity index is 1.73. The molecule has 2 aliphatic heterocycles. The molecule has 0 aliphatic carbocycles. The number of aromatic nitrogens is 2. The lowest BCUT2D eigenvalue weighted by Gasteiger charge is -2.32. The Kier molecular flexibility index (Phi) is 4.73. The molecule has 8 nitrogen and oxygen atoms in total. The average molecular weight is 353 g/mol. The van der Waals surface area contributed by atoms with Crippen molar-refractivity contribution in [3.63, 3.8) is 0 Å². The molecule has 0 saturated carbocycles. The van der Waals surface area contributed by atoms with Gasteiger partial charge in [-0.1, -0.05) is 0 Å². The molecule has 2 saturated heterocycles. The summed E-state index contributed by atoms with van der Waals surface area (Å²) in [5, 5.41) is 0. The summed E-state index contributed by atoms with van der Waals surface area (Å²) < 4.78 is 23.3. The van der Waals surface area contributed by atoms with Crippen LogP contribution in [0.25, 0.3) is 0 Å². The summed E-state index contributed by atoms with van der Waals surface area (Å²) in [6.07, 6.45) is 1.96. The maximum absolute atomic E-state index is 12.6. The normalized spacial score (nSPS) is 24.1. The van der Waals surface area contributed by atoms with E-state index in [-0.39, 0.29) is 23.5 Å². The third-order valence-electron chi connectivity index (χ3n) is 4.78. The van der Waals surface area contributed by atoms with E-state index in [9.17, 15) is 13.2 Å². The van der Waals surface area contributed by atoms with Gasteiger partial charge in [0, 0.05) is 45.3 Å². The molecule has 1 unspecified atom stereocenters. The Morgan fingerprint density at radius 1 is 1.25 bits per heavy atom. The van der Waals surface area contributed by atoms with Crippen molar-refractivity contribution in [1.29, 1.82) is 0 Å². The van der Waals surface area contributed by atoms with Crippen molar-refractivity contribution in [2.45, 2.75) is 12.5 Å². The number of amides is 1. The number of anilines is 1. The highest BCUT2D eigenvalue weighted by atomic mass is 32.2. The molecule has 0 spiro atoms. The molecule has 0 radical (unpaired) electrons. The lowest BCUT2D eigenvalue weighted by molar-refractivity contribution is 0.0658. The minimum absolute atomic E-state index is 0.0980. The van der Waals surface area contributed by atoms with Crippen LogP contribution in [0, 0.1) is 0 Å². The topological polar surface area (TPSA) is 86.7 Å². The van der Waals surface area contributed by atoms with Gasteiger partial charge in [0.15, 0.2) is 9.84 Å². The summed E-state index contributed by atoms with van der Waals surface area (Å²) >= 11 is 0. The van der Waals surface area contributed by atoms with Gasteiger partial charge < -0.3 is 14.7 Å². The first-order chi connectivity index (χ1) is 11.4. The fraction of sp³-hybridized carbons (Fsp3) is 0.667. The molecule has 132 valence electrons. The molecule has 1 aromatic heterocycles. The zero-order chi connectivity index (χ0) is 17.3. The Bertz CT molecular complexity index is 716. The molecule has 9 heteroatoms. The van der Waals surface area contributed by atoms with Crippen LogP contribution >= 0.6 is 0 Å². The van der Waals surface area contributed by atoms with Crippen molar-refractivity contribution < 1.29 is 13.2 Å². The summed E-state index contributed by atoms with van der Waals surface area (Å²) in [5.41, 5.74) is 0.359. The van der Waals surface area contributed by atoms with Crippen molar-refractivity contribution in [2.75, 3.05) is 56.7 Å². The van der Waals surface area contributed by atoms with E-state index < -0.39 is 9.84 Å². The van der Waals surface area contributed by atoms with E-state index in [0.717, 1.165) is 13.1 Å². The standard InChI is InChI=1S/C15H23N5O3S/c1-18-4-6-20(7-5-18)15(21)13-9-14(17-11-16-13)19(2)12-3-8-24(22,23)10-12/h9,11-12H,3-8,10H2,1-2H3. The highest BCUT2D eigenvalue weighted by Crippen LogP contribution is 2.21. The molecule has 1 atom stereocenters. The van der Waals surface area contributed by atoms with Gasteiger partial charge in [-0.05, 0) is 13.5 Å². The maximum Gasteiger partial charge on any atom is 0.272 e. The Morgan fingerprint density at radius 2 is 1.96 bits per heavy atom. The average Bonchev–Trinajstić information content (AvgIpc) is 2.94. The number of rotatable bonds is 3. The highest BCUT2D eigenvalue weighted by molar-refractivity contribution is 7.91. The Labute approximate surface area is 142 Å². The second-order valence-corrected chi connectivity index (χ2v) is 8.75. The van der Waals surface area contributed by atoms with Crippen LogP contribution in [0.15, 0.2) is 12.4 Å². The van der Waals surface area contributed by atoms with E-state index >= 15 is 0 Å². The second kappa shape index (κ2) is 6.64. The first kappa shape index (κ1) is 17.1. The molecule has 0 aromatic carbocycles. The van der Waals surface area contributed by atoms with Crippen LogP contribution in [-0.2, 0) is 9.84 Å². The van der Waals surface area contributed by atoms with Crippen LogP contribution in [0.4, 0.5) is 5.82 Å². The predicted octanol–water partition coefficient (Wildman–Crippen LogP) is -0.512. The Morgan fingerprint density at radius 3 is 2.58 bits per heavy atom. The monoisotopic (exact) mass is 353 g/mol. The molecule has 0 bridgehead atoms. The van der Waals surface area contributed by atoms with Gasteiger partial charge in [-0.3, -0.25) is 4.79 Å². The van der Waals surface area contributed by atoms with Crippen molar-refractivity contribution in [3.05, 3.63) is 18.1 Å². The van der Waals surface area contributed by atoms with Gasteiger partial charge in [-0.15, -0.1) is 0 Å². The highest BCUT2D eigenvalue weighted by Gasteiger charge is 2.31. The minimum Gasteiger partial charge on any atom is -0.356 e. The molecular weight excluding hydrogens is 330 g/mol. The van der Waals surface area contributed by atoms with Crippen LogP contribution in [0.3, 0.4) is 0 Å². The van der Waals surface area contributed by atoms with Crippen LogP contribution < -0.4 is 4.90 Å². The van der Waals surface area contributed by atoms with E-state index in [1.54, 1.807) is 11.0 Å². The van der Waals surface area contributed by atoms with Gasteiger partial charge >= 0.3 is 0 Å². The first-order valence-electron chi connectivity index (χ1n) is 8.09. The lowest BCUT2D eigenvalue weighted by Crippen LogP contribution is -2.47. The molecular formula is C15H23N5O3S. The molecule has 2 aliphatic rings. The van der Waals surface area contributed by atoms with Gasteiger partial charge in [0.05, 0.1) is 11.5 Å². The number of piperazine rings is 1. The van der Waals surface area contributed by atoms with Gasteiger partial charge in [0.2, 0.25) is 0 Å². The van der Waals surface area contributed by atoms with Crippen LogP contribution in [0.2, 0.25) is 0 Å². The zero-order valence-electron chi connectivity index (χ0n) is 14.1. The number of hydrogen-bond acceptors (Lipinski definition) is 7. The third-order valence-corrected chi connectivity index (χ3v) is 6.53. The van der Waals surface area contributed by atoms with Gasteiger partial charge in [0.25, 0.3) is 5.91 Å². The number of nitrogens with zero attached hydrogens (tertiary/aromatic N) is 5. The second-order valence-electron chi connectivity index (χ2n) is 6.52. The van der Waals surface area contributed by atoms with Gasteiger partial charge in [-0.2, -0.15) is 0 Å². The largest absolute Gasteiger partial charge is 0.356 e. The molecule has 0 N–H and O–H groups in total. The lowest BCUT2D eigenvalue weighted by atomic mass is 10.2. The van der Waals surface area contributed by atoms with Crippen LogP contribution in [-0.4, -0.2) is 91.9 Å². The summed E-state index contributed by atoms with van der Waals surface area (Å²) in [6, 6.07) is 1.56. The van der Waals surface area contributed by atoms with Crippen LogP contribution in [0.1, 0.15) is 16.9 Å². The van der Waals surface area contributed by atoms with Gasteiger partial charge in [0.1, 0.15) is 17.8 Å². The first-order valence-corrected chi connectivity index (χ1v) is 9.91. The quantitative estimate of drug-likeness (QED) is 0.723. The number of sulfone groups is 1. The number of carbonyl (C=O) groups is 1. The number of carbonyl (C=O) groups excluding carboxylic acids is 1. The van der Waals surface area contributed by atoms with Crippen molar-refractivity contribution in [1.82, 2.24) is 19.8 Å². The maximum atomic E-state index is 12.6. The van der Waals surface area contributed by atoms with Gasteiger partial charge in [-0.25, -0.2) is 18.4 Å². The zero-order valence-corrected chi connectivity index (χ0v) is 14.9. The molecule has 3 heterocycles. The minimum atomic E-state index is -2.96. The van der Waals surface area contributed by atoms with Crippen LogP contribution in [0.5, 0.6) is 0 Å². The molecule has 1 aromatic rings. The fourth-order valence-corrected chi connectivity index (χ4v) is 4.87. The molecule has 3 rings (SSSR count). The summed E-state index contributed by atoms with van der Waals surface area (Å²) in [6.45, 7) is 3.07. The predicted molar refractivity (Wildman–Crippen MR) is 90.9 cm³/mol. The number of hydrogen-bond donors (Lipinski definition) is 0. The molecule has 24 heavy (non-hydrogen) atoms. The molecule has 2 fully saturated rings. The van der Waals surface area contributed by atoms with E-state index in [2.05, 4.69) is 14.9 Å². The smallest absolute Gasteiger partial charge is 0.272 e. The van der Waals surface area contributed by atoms with Crippen molar-refractivity contribution >= 4 is 21.6 Å². The van der Waals surface area contributed by atoms with E-state index in [4.69, 9.17) is 0 Å². The summed E-state index contributed by atoms with van der Waals surface area (Å²) in [4.78, 5) is 26.8. The summed E-state index contributed by atoms with van der Waals surface area (Å²) in [5.74, 6) is 0.832.